The highest BCUT2D eigenvalue weighted by atomic mass is 16.5. The smallest absolute Gasteiger partial charge is 0.255 e. The van der Waals surface area contributed by atoms with E-state index in [4.69, 9.17) is 4.74 Å². The molecule has 25 heavy (non-hydrogen) atoms. The summed E-state index contributed by atoms with van der Waals surface area (Å²) in [6, 6.07) is 3.87. The molecule has 4 rings (SSSR count). The number of aromatic nitrogens is 1. The van der Waals surface area contributed by atoms with Crippen molar-refractivity contribution in [2.45, 2.75) is 38.1 Å². The highest BCUT2D eigenvalue weighted by Gasteiger charge is 2.50. The molecule has 4 heterocycles. The molecule has 3 aliphatic rings. The van der Waals surface area contributed by atoms with Gasteiger partial charge in [0.25, 0.3) is 5.91 Å². The Morgan fingerprint density at radius 1 is 1.24 bits per heavy atom. The number of carbonyl (C=O) groups is 2. The van der Waals surface area contributed by atoms with Crippen molar-refractivity contribution >= 4 is 11.8 Å². The molecular weight excluding hydrogens is 318 g/mol. The Morgan fingerprint density at radius 2 is 2.08 bits per heavy atom. The molecule has 0 aromatic carbocycles. The second kappa shape index (κ2) is 6.75. The first-order valence-electron chi connectivity index (χ1n) is 9.28. The first-order chi connectivity index (χ1) is 12.2. The van der Waals surface area contributed by atoms with Gasteiger partial charge in [-0.3, -0.25) is 14.6 Å². The summed E-state index contributed by atoms with van der Waals surface area (Å²) in [5.74, 6) is 0.244. The van der Waals surface area contributed by atoms with Crippen molar-refractivity contribution in [3.8, 4) is 0 Å². The molecule has 2 amide bonds. The number of amides is 2. The lowest BCUT2D eigenvalue weighted by molar-refractivity contribution is -0.150. The zero-order valence-corrected chi connectivity index (χ0v) is 14.5. The van der Waals surface area contributed by atoms with E-state index < -0.39 is 0 Å². The summed E-state index contributed by atoms with van der Waals surface area (Å²) in [6.45, 7) is 3.53. The van der Waals surface area contributed by atoms with Crippen LogP contribution >= 0.6 is 0 Å². The lowest BCUT2D eigenvalue weighted by Crippen LogP contribution is -2.55. The van der Waals surface area contributed by atoms with E-state index in [2.05, 4.69) is 9.88 Å². The van der Waals surface area contributed by atoms with Crippen molar-refractivity contribution in [1.29, 1.82) is 0 Å². The molecule has 134 valence electrons. The van der Waals surface area contributed by atoms with Crippen LogP contribution in [-0.2, 0) is 9.53 Å². The van der Waals surface area contributed by atoms with Gasteiger partial charge in [-0.2, -0.15) is 0 Å². The van der Waals surface area contributed by atoms with Gasteiger partial charge in [0.2, 0.25) is 5.91 Å². The molecule has 6 heteroatoms. The zero-order valence-electron chi connectivity index (χ0n) is 14.5. The van der Waals surface area contributed by atoms with Crippen molar-refractivity contribution in [3.05, 3.63) is 30.1 Å². The van der Waals surface area contributed by atoms with Crippen molar-refractivity contribution in [2.75, 3.05) is 32.8 Å². The van der Waals surface area contributed by atoms with Crippen molar-refractivity contribution in [2.24, 2.45) is 5.41 Å². The minimum absolute atomic E-state index is 0.0130. The number of hydrogen-bond donors (Lipinski definition) is 0. The van der Waals surface area contributed by atoms with Crippen LogP contribution in [-0.4, -0.2) is 65.5 Å². The number of nitrogens with zero attached hydrogens (tertiary/aromatic N) is 3. The SMILES string of the molecule is O=C(c1cccnc1)N1CC[C@@]2(CCCN(C3CCOCC3)C2=O)C1. The van der Waals surface area contributed by atoms with Gasteiger partial charge in [0, 0.05) is 51.3 Å². The number of ether oxygens (including phenoxy) is 1. The van der Waals surface area contributed by atoms with Gasteiger partial charge in [0.05, 0.1) is 11.0 Å². The maximum absolute atomic E-state index is 13.3. The zero-order chi connectivity index (χ0) is 17.3. The molecule has 3 saturated heterocycles. The van der Waals surface area contributed by atoms with Gasteiger partial charge in [-0.1, -0.05) is 0 Å². The summed E-state index contributed by atoms with van der Waals surface area (Å²) in [6.07, 6.45) is 7.82. The third-order valence-corrected chi connectivity index (χ3v) is 5.95. The first-order valence-corrected chi connectivity index (χ1v) is 9.28. The van der Waals surface area contributed by atoms with Crippen LogP contribution in [0, 0.1) is 5.41 Å². The summed E-state index contributed by atoms with van der Waals surface area (Å²) in [7, 11) is 0. The van der Waals surface area contributed by atoms with E-state index in [-0.39, 0.29) is 17.2 Å². The van der Waals surface area contributed by atoms with E-state index in [1.165, 1.54) is 0 Å². The van der Waals surface area contributed by atoms with E-state index in [1.54, 1.807) is 24.5 Å². The van der Waals surface area contributed by atoms with E-state index in [0.29, 0.717) is 24.7 Å². The molecule has 0 radical (unpaired) electrons. The fourth-order valence-electron chi connectivity index (χ4n) is 4.54. The standard InChI is InChI=1S/C19H25N3O3/c23-17(15-3-1-8-20-13-15)21-10-7-19(14-21)6-2-9-22(18(19)24)16-4-11-25-12-5-16/h1,3,8,13,16H,2,4-7,9-12,14H2/t19-/m0/s1. The first kappa shape index (κ1) is 16.5. The van der Waals surface area contributed by atoms with Gasteiger partial charge in [-0.05, 0) is 44.2 Å². The van der Waals surface area contributed by atoms with Gasteiger partial charge < -0.3 is 14.5 Å². The van der Waals surface area contributed by atoms with E-state index >= 15 is 0 Å². The van der Waals surface area contributed by atoms with Crippen LogP contribution in [0.4, 0.5) is 0 Å². The number of hydrogen-bond acceptors (Lipinski definition) is 4. The average Bonchev–Trinajstić information content (AvgIpc) is 3.10. The highest BCUT2D eigenvalue weighted by molar-refractivity contribution is 5.95. The summed E-state index contributed by atoms with van der Waals surface area (Å²) in [4.78, 5) is 34.0. The quantitative estimate of drug-likeness (QED) is 0.820. The third kappa shape index (κ3) is 3.03. The summed E-state index contributed by atoms with van der Waals surface area (Å²) in [5.41, 5.74) is 0.220. The number of carbonyl (C=O) groups excluding carboxylic acids is 2. The van der Waals surface area contributed by atoms with E-state index in [0.717, 1.165) is 51.9 Å². The van der Waals surface area contributed by atoms with E-state index in [9.17, 15) is 9.59 Å². The normalized spacial score (nSPS) is 27.9. The predicted octanol–water partition coefficient (Wildman–Crippen LogP) is 1.72. The molecule has 0 aliphatic carbocycles. The lowest BCUT2D eigenvalue weighted by Gasteiger charge is -2.44. The van der Waals surface area contributed by atoms with Crippen molar-refractivity contribution < 1.29 is 14.3 Å². The van der Waals surface area contributed by atoms with Crippen LogP contribution in [0.1, 0.15) is 42.5 Å². The second-order valence-corrected chi connectivity index (χ2v) is 7.44. The van der Waals surface area contributed by atoms with Crippen LogP contribution in [0.2, 0.25) is 0 Å². The molecule has 1 aromatic heterocycles. The molecule has 0 saturated carbocycles. The minimum atomic E-state index is -0.381. The van der Waals surface area contributed by atoms with Crippen LogP contribution < -0.4 is 0 Å². The van der Waals surface area contributed by atoms with Gasteiger partial charge in [0.1, 0.15) is 0 Å². The van der Waals surface area contributed by atoms with E-state index in [1.807, 2.05) is 4.90 Å². The fraction of sp³-hybridized carbons (Fsp3) is 0.632. The lowest BCUT2D eigenvalue weighted by atomic mass is 9.77. The maximum Gasteiger partial charge on any atom is 0.255 e. The maximum atomic E-state index is 13.3. The highest BCUT2D eigenvalue weighted by Crippen LogP contribution is 2.41. The fourth-order valence-corrected chi connectivity index (χ4v) is 4.54. The van der Waals surface area contributed by atoms with Gasteiger partial charge >= 0.3 is 0 Å². The topological polar surface area (TPSA) is 62.7 Å². The minimum Gasteiger partial charge on any atom is -0.381 e. The molecular formula is C19H25N3O3. The molecule has 3 aliphatic heterocycles. The number of piperidine rings is 1. The van der Waals surface area contributed by atoms with Crippen molar-refractivity contribution in [1.82, 2.24) is 14.8 Å². The number of likely N-dealkylation sites (tertiary alicyclic amines) is 2. The monoisotopic (exact) mass is 343 g/mol. The molecule has 0 bridgehead atoms. The Labute approximate surface area is 148 Å². The summed E-state index contributed by atoms with van der Waals surface area (Å²) >= 11 is 0. The predicted molar refractivity (Wildman–Crippen MR) is 92.0 cm³/mol. The number of rotatable bonds is 2. The summed E-state index contributed by atoms with van der Waals surface area (Å²) < 4.78 is 5.44. The molecule has 0 N–H and O–H groups in total. The van der Waals surface area contributed by atoms with Gasteiger partial charge in [-0.25, -0.2) is 0 Å². The van der Waals surface area contributed by atoms with Crippen LogP contribution in [0.3, 0.4) is 0 Å². The number of pyridine rings is 1. The molecule has 1 spiro atoms. The Bertz CT molecular complexity index is 645. The van der Waals surface area contributed by atoms with Crippen LogP contribution in [0.15, 0.2) is 24.5 Å². The van der Waals surface area contributed by atoms with Crippen LogP contribution in [0.5, 0.6) is 0 Å². The van der Waals surface area contributed by atoms with Gasteiger partial charge in [-0.15, -0.1) is 0 Å². The second-order valence-electron chi connectivity index (χ2n) is 7.44. The largest absolute Gasteiger partial charge is 0.381 e. The average molecular weight is 343 g/mol. The van der Waals surface area contributed by atoms with Crippen LogP contribution in [0.25, 0.3) is 0 Å². The summed E-state index contributed by atoms with van der Waals surface area (Å²) in [5, 5.41) is 0. The molecule has 6 nitrogen and oxygen atoms in total. The molecule has 0 unspecified atom stereocenters. The third-order valence-electron chi connectivity index (χ3n) is 5.95. The molecule has 1 atom stereocenters. The Morgan fingerprint density at radius 3 is 2.84 bits per heavy atom. The molecule has 3 fully saturated rings. The Kier molecular flexibility index (Phi) is 4.46. The van der Waals surface area contributed by atoms with Gasteiger partial charge in [0.15, 0.2) is 0 Å². The molecule has 1 aromatic rings. The Hall–Kier alpha value is -1.95. The van der Waals surface area contributed by atoms with Crippen molar-refractivity contribution in [3.63, 3.8) is 0 Å². The Balaban J connectivity index is 1.48.